The van der Waals surface area contributed by atoms with E-state index in [9.17, 15) is 4.79 Å². The molecule has 1 heterocycles. The maximum absolute atomic E-state index is 11.9. The molecule has 2 aromatic carbocycles. The number of ether oxygens (including phenoxy) is 1. The molecule has 158 valence electrons. The van der Waals surface area contributed by atoms with Gasteiger partial charge in [-0.1, -0.05) is 12.1 Å². The van der Waals surface area contributed by atoms with Crippen molar-refractivity contribution in [2.75, 3.05) is 17.7 Å². The fourth-order valence-corrected chi connectivity index (χ4v) is 2.99. The van der Waals surface area contributed by atoms with Gasteiger partial charge in [0.05, 0.1) is 0 Å². The molecule has 1 amide bonds. The second-order valence-corrected chi connectivity index (χ2v) is 7.50. The first-order valence-electron chi connectivity index (χ1n) is 10.0. The number of anilines is 3. The molecule has 0 saturated heterocycles. The molecule has 0 aliphatic heterocycles. The van der Waals surface area contributed by atoms with Crippen LogP contribution in [0.15, 0.2) is 48.7 Å². The van der Waals surface area contributed by atoms with E-state index in [4.69, 9.17) is 15.9 Å². The highest BCUT2D eigenvalue weighted by Gasteiger charge is 2.23. The summed E-state index contributed by atoms with van der Waals surface area (Å²) in [7, 11) is 0. The summed E-state index contributed by atoms with van der Waals surface area (Å²) in [4.78, 5) is 20.9. The van der Waals surface area contributed by atoms with Gasteiger partial charge in [-0.05, 0) is 50.1 Å². The van der Waals surface area contributed by atoms with Gasteiger partial charge in [0, 0.05) is 46.5 Å². The standard InChI is InChI=1S/C23H24N6O2/c1-14-12-26-23(29-22(14)28-18-7-8-20(25)16(9-18)11-24)15-3-2-4-19(10-15)31-13-21(30)27-17-5-6-17/h2-4,7-12,17,24H,5-6,13,25H2,1H3,(H,27,30)(H,26,28,29). The SMILES string of the molecule is Cc1cnc(-c2cccc(OCC(=O)NC3CC3)c2)nc1Nc1ccc(N)c(C=N)c1. The highest BCUT2D eigenvalue weighted by Crippen LogP contribution is 2.26. The molecule has 1 fully saturated rings. The summed E-state index contributed by atoms with van der Waals surface area (Å²) in [6.45, 7) is 1.90. The number of carbonyl (C=O) groups is 1. The van der Waals surface area contributed by atoms with Crippen LogP contribution in [0, 0.1) is 12.3 Å². The van der Waals surface area contributed by atoms with Crippen LogP contribution in [-0.2, 0) is 4.79 Å². The van der Waals surface area contributed by atoms with Gasteiger partial charge in [0.1, 0.15) is 11.6 Å². The number of nitrogen functional groups attached to an aromatic ring is 1. The fourth-order valence-electron chi connectivity index (χ4n) is 2.99. The molecule has 0 bridgehead atoms. The third-order valence-corrected chi connectivity index (χ3v) is 4.88. The van der Waals surface area contributed by atoms with Crippen LogP contribution < -0.4 is 21.1 Å². The van der Waals surface area contributed by atoms with E-state index in [1.54, 1.807) is 24.4 Å². The Hall–Kier alpha value is -3.94. The largest absolute Gasteiger partial charge is 0.484 e. The van der Waals surface area contributed by atoms with Gasteiger partial charge in [-0.25, -0.2) is 9.97 Å². The van der Waals surface area contributed by atoms with Crippen molar-refractivity contribution in [3.8, 4) is 17.1 Å². The Balaban J connectivity index is 1.51. The molecule has 0 spiro atoms. The summed E-state index contributed by atoms with van der Waals surface area (Å²) in [6, 6.07) is 13.0. The molecule has 8 nitrogen and oxygen atoms in total. The summed E-state index contributed by atoms with van der Waals surface area (Å²) >= 11 is 0. The second-order valence-electron chi connectivity index (χ2n) is 7.50. The zero-order chi connectivity index (χ0) is 21.8. The topological polar surface area (TPSA) is 126 Å². The van der Waals surface area contributed by atoms with Crippen LogP contribution in [0.25, 0.3) is 11.4 Å². The summed E-state index contributed by atoms with van der Waals surface area (Å²) in [5.74, 6) is 1.65. The lowest BCUT2D eigenvalue weighted by atomic mass is 10.1. The number of aryl methyl sites for hydroxylation is 1. The van der Waals surface area contributed by atoms with E-state index in [-0.39, 0.29) is 12.5 Å². The van der Waals surface area contributed by atoms with Gasteiger partial charge in [-0.3, -0.25) is 4.79 Å². The van der Waals surface area contributed by atoms with Crippen molar-refractivity contribution in [1.82, 2.24) is 15.3 Å². The Morgan fingerprint density at radius 2 is 2.13 bits per heavy atom. The second kappa shape index (κ2) is 8.83. The molecule has 0 unspecified atom stereocenters. The molecule has 4 rings (SSSR count). The normalized spacial score (nSPS) is 12.8. The fraction of sp³-hybridized carbons (Fsp3) is 0.217. The molecule has 1 aliphatic rings. The molecular formula is C23H24N6O2. The number of carbonyl (C=O) groups excluding carboxylic acids is 1. The van der Waals surface area contributed by atoms with Crippen LogP contribution in [0.4, 0.5) is 17.2 Å². The molecule has 3 aromatic rings. The van der Waals surface area contributed by atoms with E-state index in [0.717, 1.165) is 29.7 Å². The van der Waals surface area contributed by atoms with E-state index in [1.807, 2.05) is 31.2 Å². The van der Waals surface area contributed by atoms with Crippen LogP contribution in [0.3, 0.4) is 0 Å². The van der Waals surface area contributed by atoms with Crippen LogP contribution in [0.2, 0.25) is 0 Å². The first-order chi connectivity index (χ1) is 15.0. The molecule has 1 aliphatic carbocycles. The minimum atomic E-state index is -0.112. The predicted octanol–water partition coefficient (Wildman–Crippen LogP) is 3.43. The summed E-state index contributed by atoms with van der Waals surface area (Å²) in [5, 5.41) is 13.6. The number of rotatable bonds is 8. The first kappa shape index (κ1) is 20.3. The van der Waals surface area contributed by atoms with Gasteiger partial charge >= 0.3 is 0 Å². The van der Waals surface area contributed by atoms with Gasteiger partial charge in [-0.15, -0.1) is 0 Å². The Kier molecular flexibility index (Phi) is 5.79. The van der Waals surface area contributed by atoms with Crippen molar-refractivity contribution in [3.05, 3.63) is 59.8 Å². The molecule has 1 saturated carbocycles. The quantitative estimate of drug-likeness (QED) is 0.329. The maximum Gasteiger partial charge on any atom is 0.258 e. The molecular weight excluding hydrogens is 392 g/mol. The minimum absolute atomic E-state index is 0.0198. The summed E-state index contributed by atoms with van der Waals surface area (Å²) in [6.07, 6.45) is 5.05. The van der Waals surface area contributed by atoms with Gasteiger partial charge in [0.2, 0.25) is 0 Å². The van der Waals surface area contributed by atoms with E-state index < -0.39 is 0 Å². The molecule has 0 radical (unpaired) electrons. The monoisotopic (exact) mass is 416 g/mol. The van der Waals surface area contributed by atoms with Crippen molar-refractivity contribution >= 4 is 29.3 Å². The maximum atomic E-state index is 11.9. The number of aromatic nitrogens is 2. The van der Waals surface area contributed by atoms with E-state index in [1.165, 1.54) is 6.21 Å². The molecule has 31 heavy (non-hydrogen) atoms. The van der Waals surface area contributed by atoms with Gasteiger partial charge in [0.15, 0.2) is 12.4 Å². The Labute approximate surface area is 180 Å². The highest BCUT2D eigenvalue weighted by atomic mass is 16.5. The number of nitrogens with zero attached hydrogens (tertiary/aromatic N) is 2. The Bertz CT molecular complexity index is 1130. The summed E-state index contributed by atoms with van der Waals surface area (Å²) in [5.41, 5.74) is 9.47. The van der Waals surface area contributed by atoms with Crippen molar-refractivity contribution in [2.24, 2.45) is 0 Å². The molecule has 5 N–H and O–H groups in total. The van der Waals surface area contributed by atoms with Crippen LogP contribution in [-0.4, -0.2) is 34.7 Å². The van der Waals surface area contributed by atoms with Crippen molar-refractivity contribution in [3.63, 3.8) is 0 Å². The number of hydrogen-bond donors (Lipinski definition) is 4. The Morgan fingerprint density at radius 3 is 2.90 bits per heavy atom. The first-order valence-corrected chi connectivity index (χ1v) is 10.0. The van der Waals surface area contributed by atoms with E-state index >= 15 is 0 Å². The van der Waals surface area contributed by atoms with Crippen LogP contribution in [0.5, 0.6) is 5.75 Å². The van der Waals surface area contributed by atoms with Crippen LogP contribution >= 0.6 is 0 Å². The molecule has 0 atom stereocenters. The van der Waals surface area contributed by atoms with Crippen LogP contribution in [0.1, 0.15) is 24.0 Å². The predicted molar refractivity (Wildman–Crippen MR) is 121 cm³/mol. The third-order valence-electron chi connectivity index (χ3n) is 4.88. The number of nitrogens with one attached hydrogen (secondary N) is 3. The van der Waals surface area contributed by atoms with E-state index in [0.29, 0.717) is 34.7 Å². The van der Waals surface area contributed by atoms with E-state index in [2.05, 4.69) is 20.6 Å². The number of benzene rings is 2. The molecule has 8 heteroatoms. The smallest absolute Gasteiger partial charge is 0.258 e. The van der Waals surface area contributed by atoms with Crippen molar-refractivity contribution in [1.29, 1.82) is 5.41 Å². The highest BCUT2D eigenvalue weighted by molar-refractivity contribution is 5.87. The lowest BCUT2D eigenvalue weighted by Crippen LogP contribution is -2.30. The number of amides is 1. The lowest BCUT2D eigenvalue weighted by Gasteiger charge is -2.12. The minimum Gasteiger partial charge on any atom is -0.484 e. The lowest BCUT2D eigenvalue weighted by molar-refractivity contribution is -0.123. The zero-order valence-corrected chi connectivity index (χ0v) is 17.2. The van der Waals surface area contributed by atoms with Crippen molar-refractivity contribution in [2.45, 2.75) is 25.8 Å². The molecule has 1 aromatic heterocycles. The van der Waals surface area contributed by atoms with Gasteiger partial charge in [-0.2, -0.15) is 0 Å². The average molecular weight is 416 g/mol. The van der Waals surface area contributed by atoms with Crippen molar-refractivity contribution < 1.29 is 9.53 Å². The zero-order valence-electron chi connectivity index (χ0n) is 17.2. The average Bonchev–Trinajstić information content (AvgIpc) is 3.59. The number of hydrogen-bond acceptors (Lipinski definition) is 7. The Morgan fingerprint density at radius 1 is 1.29 bits per heavy atom. The third kappa shape index (κ3) is 5.16. The number of nitrogens with two attached hydrogens (primary N) is 1. The van der Waals surface area contributed by atoms with Gasteiger partial charge in [0.25, 0.3) is 5.91 Å². The summed E-state index contributed by atoms with van der Waals surface area (Å²) < 4.78 is 5.63. The van der Waals surface area contributed by atoms with Gasteiger partial charge < -0.3 is 26.5 Å².